The van der Waals surface area contributed by atoms with Gasteiger partial charge in [0, 0.05) is 17.5 Å². The number of hydrogen-bond acceptors (Lipinski definition) is 3. The average molecular weight is 301 g/mol. The van der Waals surface area contributed by atoms with E-state index in [0.29, 0.717) is 11.4 Å². The number of carboxylic acid groups (broad SMARTS) is 1. The van der Waals surface area contributed by atoms with E-state index in [9.17, 15) is 9.59 Å². The van der Waals surface area contributed by atoms with Gasteiger partial charge in [-0.2, -0.15) is 0 Å². The van der Waals surface area contributed by atoms with Gasteiger partial charge in [-0.25, -0.2) is 4.79 Å². The van der Waals surface area contributed by atoms with Crippen LogP contribution in [0.1, 0.15) is 25.7 Å². The van der Waals surface area contributed by atoms with Gasteiger partial charge in [0.15, 0.2) is 0 Å². The normalized spacial score (nSPS) is 10.7. The molecule has 4 nitrogen and oxygen atoms in total. The van der Waals surface area contributed by atoms with Crippen molar-refractivity contribution in [1.82, 2.24) is 5.32 Å². The molecular formula is C16H15NO3S. The molecule has 0 saturated heterocycles. The summed E-state index contributed by atoms with van der Waals surface area (Å²) in [6, 6.07) is 11.4. The van der Waals surface area contributed by atoms with E-state index in [1.807, 2.05) is 31.2 Å². The maximum absolute atomic E-state index is 12.0. The topological polar surface area (TPSA) is 66.4 Å². The standard InChI is InChI=1S/C16H15NO3S/c1-11-2-4-12(5-3-11)10-17-16(20)14-8-6-13(21-14)7-9-15(18)19/h2-9H,10H2,1H3,(H,17,20)(H,18,19). The summed E-state index contributed by atoms with van der Waals surface area (Å²) in [5.74, 6) is -1.16. The molecule has 0 unspecified atom stereocenters. The Hall–Kier alpha value is -2.40. The number of carbonyl (C=O) groups is 2. The van der Waals surface area contributed by atoms with Gasteiger partial charge >= 0.3 is 5.97 Å². The van der Waals surface area contributed by atoms with Crippen LogP contribution >= 0.6 is 11.3 Å². The van der Waals surface area contributed by atoms with Crippen LogP contribution in [0.2, 0.25) is 0 Å². The lowest BCUT2D eigenvalue weighted by molar-refractivity contribution is -0.131. The van der Waals surface area contributed by atoms with Crippen LogP contribution in [-0.4, -0.2) is 17.0 Å². The van der Waals surface area contributed by atoms with E-state index in [2.05, 4.69) is 5.32 Å². The van der Waals surface area contributed by atoms with E-state index in [-0.39, 0.29) is 5.91 Å². The predicted molar refractivity (Wildman–Crippen MR) is 83.3 cm³/mol. The van der Waals surface area contributed by atoms with Crippen molar-refractivity contribution in [3.8, 4) is 0 Å². The molecule has 1 aromatic heterocycles. The van der Waals surface area contributed by atoms with Gasteiger partial charge in [0.25, 0.3) is 5.91 Å². The summed E-state index contributed by atoms with van der Waals surface area (Å²) in [6.45, 7) is 2.48. The van der Waals surface area contributed by atoms with E-state index in [4.69, 9.17) is 5.11 Å². The van der Waals surface area contributed by atoms with Gasteiger partial charge in [-0.15, -0.1) is 11.3 Å². The molecule has 1 amide bonds. The molecular weight excluding hydrogens is 286 g/mol. The monoisotopic (exact) mass is 301 g/mol. The van der Waals surface area contributed by atoms with Crippen molar-refractivity contribution in [2.24, 2.45) is 0 Å². The first-order chi connectivity index (χ1) is 10.0. The molecule has 2 aromatic rings. The van der Waals surface area contributed by atoms with E-state index in [1.165, 1.54) is 23.0 Å². The summed E-state index contributed by atoms with van der Waals surface area (Å²) in [7, 11) is 0. The maximum atomic E-state index is 12.0. The minimum Gasteiger partial charge on any atom is -0.478 e. The molecule has 0 bridgehead atoms. The largest absolute Gasteiger partial charge is 0.478 e. The van der Waals surface area contributed by atoms with Gasteiger partial charge in [0.2, 0.25) is 0 Å². The lowest BCUT2D eigenvalue weighted by atomic mass is 10.1. The Balaban J connectivity index is 1.94. The van der Waals surface area contributed by atoms with Crippen molar-refractivity contribution in [3.05, 3.63) is 63.4 Å². The van der Waals surface area contributed by atoms with Crippen LogP contribution in [0.5, 0.6) is 0 Å². The second-order valence-corrected chi connectivity index (χ2v) is 5.66. The summed E-state index contributed by atoms with van der Waals surface area (Å²) in [5, 5.41) is 11.4. The summed E-state index contributed by atoms with van der Waals surface area (Å²) in [5.41, 5.74) is 2.22. The highest BCUT2D eigenvalue weighted by Crippen LogP contribution is 2.18. The zero-order valence-corrected chi connectivity index (χ0v) is 12.3. The van der Waals surface area contributed by atoms with E-state index >= 15 is 0 Å². The van der Waals surface area contributed by atoms with Gasteiger partial charge in [-0.1, -0.05) is 29.8 Å². The lowest BCUT2D eigenvalue weighted by Gasteiger charge is -2.04. The molecule has 5 heteroatoms. The first-order valence-electron chi connectivity index (χ1n) is 6.39. The number of carboxylic acids is 1. The number of rotatable bonds is 5. The minimum absolute atomic E-state index is 0.157. The molecule has 1 heterocycles. The van der Waals surface area contributed by atoms with Crippen LogP contribution in [-0.2, 0) is 11.3 Å². The first kappa shape index (κ1) is 15.0. The highest BCUT2D eigenvalue weighted by Gasteiger charge is 2.08. The maximum Gasteiger partial charge on any atom is 0.328 e. The lowest BCUT2D eigenvalue weighted by Crippen LogP contribution is -2.21. The van der Waals surface area contributed by atoms with Gasteiger partial charge < -0.3 is 10.4 Å². The van der Waals surface area contributed by atoms with Crippen molar-refractivity contribution < 1.29 is 14.7 Å². The van der Waals surface area contributed by atoms with Crippen LogP contribution < -0.4 is 5.32 Å². The fraction of sp³-hybridized carbons (Fsp3) is 0.125. The quantitative estimate of drug-likeness (QED) is 0.834. The number of amides is 1. The number of nitrogens with one attached hydrogen (secondary N) is 1. The fourth-order valence-corrected chi connectivity index (χ4v) is 2.52. The van der Waals surface area contributed by atoms with Crippen LogP contribution in [0.3, 0.4) is 0 Å². The average Bonchev–Trinajstić information content (AvgIpc) is 2.93. The third kappa shape index (κ3) is 4.57. The van der Waals surface area contributed by atoms with Crippen molar-refractivity contribution in [2.45, 2.75) is 13.5 Å². The Morgan fingerprint density at radius 2 is 1.90 bits per heavy atom. The third-order valence-electron chi connectivity index (χ3n) is 2.81. The molecule has 0 aliphatic rings. The number of carbonyl (C=O) groups excluding carboxylic acids is 1. The smallest absolute Gasteiger partial charge is 0.328 e. The predicted octanol–water partition coefficient (Wildman–Crippen LogP) is 3.08. The molecule has 2 rings (SSSR count). The molecule has 0 fully saturated rings. The highest BCUT2D eigenvalue weighted by molar-refractivity contribution is 7.14. The van der Waals surface area contributed by atoms with E-state index in [0.717, 1.165) is 16.5 Å². The first-order valence-corrected chi connectivity index (χ1v) is 7.21. The highest BCUT2D eigenvalue weighted by atomic mass is 32.1. The minimum atomic E-state index is -1.01. The second-order valence-electron chi connectivity index (χ2n) is 4.54. The SMILES string of the molecule is Cc1ccc(CNC(=O)c2ccc(C=CC(=O)O)s2)cc1. The summed E-state index contributed by atoms with van der Waals surface area (Å²) in [4.78, 5) is 23.7. The Morgan fingerprint density at radius 3 is 2.57 bits per heavy atom. The van der Waals surface area contributed by atoms with Gasteiger partial charge in [-0.05, 0) is 30.7 Å². The van der Waals surface area contributed by atoms with Gasteiger partial charge in [0.1, 0.15) is 0 Å². The number of aryl methyl sites for hydroxylation is 1. The molecule has 0 aliphatic carbocycles. The van der Waals surface area contributed by atoms with Crippen molar-refractivity contribution in [1.29, 1.82) is 0 Å². The Kier molecular flexibility index (Phi) is 4.90. The molecule has 0 saturated carbocycles. The molecule has 0 aliphatic heterocycles. The van der Waals surface area contributed by atoms with Crippen molar-refractivity contribution in [3.63, 3.8) is 0 Å². The summed E-state index contributed by atoms with van der Waals surface area (Å²) < 4.78 is 0. The number of benzene rings is 1. The molecule has 108 valence electrons. The fourth-order valence-electron chi connectivity index (χ4n) is 1.69. The Morgan fingerprint density at radius 1 is 1.19 bits per heavy atom. The van der Waals surface area contributed by atoms with Crippen LogP contribution in [0.4, 0.5) is 0 Å². The number of hydrogen-bond donors (Lipinski definition) is 2. The zero-order chi connectivity index (χ0) is 15.2. The molecule has 0 radical (unpaired) electrons. The van der Waals surface area contributed by atoms with E-state index < -0.39 is 5.97 Å². The molecule has 1 aromatic carbocycles. The molecule has 0 spiro atoms. The Labute approximate surface area is 126 Å². The van der Waals surface area contributed by atoms with Crippen LogP contribution in [0, 0.1) is 6.92 Å². The van der Waals surface area contributed by atoms with Crippen LogP contribution in [0.25, 0.3) is 6.08 Å². The molecule has 21 heavy (non-hydrogen) atoms. The number of thiophene rings is 1. The zero-order valence-electron chi connectivity index (χ0n) is 11.5. The van der Waals surface area contributed by atoms with Crippen molar-refractivity contribution >= 4 is 29.3 Å². The second kappa shape index (κ2) is 6.85. The van der Waals surface area contributed by atoms with Gasteiger partial charge in [0.05, 0.1) is 4.88 Å². The third-order valence-corrected chi connectivity index (χ3v) is 3.86. The van der Waals surface area contributed by atoms with E-state index in [1.54, 1.807) is 12.1 Å². The molecule has 0 atom stereocenters. The van der Waals surface area contributed by atoms with Gasteiger partial charge in [-0.3, -0.25) is 4.79 Å². The van der Waals surface area contributed by atoms with Crippen molar-refractivity contribution in [2.75, 3.05) is 0 Å². The number of aliphatic carboxylic acids is 1. The Bertz CT molecular complexity index is 671. The van der Waals surface area contributed by atoms with Crippen LogP contribution in [0.15, 0.2) is 42.5 Å². The summed E-state index contributed by atoms with van der Waals surface area (Å²) >= 11 is 1.26. The molecule has 2 N–H and O–H groups in total. The summed E-state index contributed by atoms with van der Waals surface area (Å²) in [6.07, 6.45) is 2.53.